The smallest absolute Gasteiger partial charge is 0.243 e. The Bertz CT molecular complexity index is 1090. The van der Waals surface area contributed by atoms with E-state index >= 15 is 0 Å². The first-order valence-corrected chi connectivity index (χ1v) is 12.5. The summed E-state index contributed by atoms with van der Waals surface area (Å²) in [5.41, 5.74) is 1.63. The molecular weight excluding hydrogens is 444 g/mol. The number of rotatable bonds is 9. The first-order valence-electron chi connectivity index (χ1n) is 11.0. The number of sulfonamides is 1. The lowest BCUT2D eigenvalue weighted by Crippen LogP contribution is -2.45. The molecule has 2 aromatic carbocycles. The molecule has 1 N–H and O–H groups in total. The monoisotopic (exact) mass is 476 g/mol. The van der Waals surface area contributed by atoms with Gasteiger partial charge in [-0.3, -0.25) is 4.79 Å². The van der Waals surface area contributed by atoms with E-state index in [9.17, 15) is 13.2 Å². The highest BCUT2D eigenvalue weighted by Gasteiger charge is 2.33. The summed E-state index contributed by atoms with van der Waals surface area (Å²) in [6, 6.07) is 10.3. The molecule has 9 heteroatoms. The molecule has 1 atom stereocenters. The number of benzene rings is 2. The summed E-state index contributed by atoms with van der Waals surface area (Å²) in [4.78, 5) is 13.0. The van der Waals surface area contributed by atoms with Gasteiger partial charge in [-0.05, 0) is 68.1 Å². The molecule has 0 radical (unpaired) electrons. The van der Waals surface area contributed by atoms with Gasteiger partial charge in [-0.2, -0.15) is 4.31 Å². The fourth-order valence-corrected chi connectivity index (χ4v) is 5.56. The summed E-state index contributed by atoms with van der Waals surface area (Å²) in [6.45, 7) is 5.10. The third kappa shape index (κ3) is 5.78. The van der Waals surface area contributed by atoms with Gasteiger partial charge in [0, 0.05) is 19.6 Å². The molecule has 33 heavy (non-hydrogen) atoms. The van der Waals surface area contributed by atoms with E-state index in [1.165, 1.54) is 4.31 Å². The normalized spacial score (nSPS) is 16.8. The van der Waals surface area contributed by atoms with E-state index in [2.05, 4.69) is 5.32 Å². The Balaban J connectivity index is 1.66. The first-order chi connectivity index (χ1) is 15.8. The van der Waals surface area contributed by atoms with Crippen molar-refractivity contribution in [2.45, 2.75) is 38.1 Å². The van der Waals surface area contributed by atoms with E-state index in [0.29, 0.717) is 49.8 Å². The molecule has 180 valence electrons. The number of piperidine rings is 1. The van der Waals surface area contributed by atoms with Crippen LogP contribution >= 0.6 is 0 Å². The van der Waals surface area contributed by atoms with Crippen molar-refractivity contribution in [1.29, 1.82) is 0 Å². The minimum absolute atomic E-state index is 0.159. The molecule has 1 fully saturated rings. The number of nitrogens with zero attached hydrogens (tertiary/aromatic N) is 1. The number of carbonyl (C=O) groups excluding carboxylic acids is 1. The van der Waals surface area contributed by atoms with Crippen molar-refractivity contribution in [2.75, 3.05) is 33.9 Å². The minimum Gasteiger partial charge on any atom is -0.494 e. The van der Waals surface area contributed by atoms with Crippen LogP contribution in [0.3, 0.4) is 0 Å². The lowest BCUT2D eigenvalue weighted by Gasteiger charge is -2.31. The minimum atomic E-state index is -3.70. The maximum atomic E-state index is 13.2. The Morgan fingerprint density at radius 2 is 1.82 bits per heavy atom. The molecular formula is C24H32N2O6S. The second-order valence-electron chi connectivity index (χ2n) is 7.97. The van der Waals surface area contributed by atoms with Crippen LogP contribution in [0.2, 0.25) is 0 Å². The summed E-state index contributed by atoms with van der Waals surface area (Å²) < 4.78 is 43.9. The van der Waals surface area contributed by atoms with Crippen molar-refractivity contribution >= 4 is 15.9 Å². The molecule has 3 rings (SSSR count). The number of amides is 1. The Hall–Kier alpha value is -2.78. The number of hydrogen-bond donors (Lipinski definition) is 1. The highest BCUT2D eigenvalue weighted by molar-refractivity contribution is 7.89. The third-order valence-corrected chi connectivity index (χ3v) is 7.61. The van der Waals surface area contributed by atoms with Crippen molar-refractivity contribution in [3.05, 3.63) is 47.5 Å². The zero-order valence-electron chi connectivity index (χ0n) is 19.6. The fraction of sp³-hybridized carbons (Fsp3) is 0.458. The van der Waals surface area contributed by atoms with Crippen LogP contribution in [0.25, 0.3) is 0 Å². The molecule has 8 nitrogen and oxygen atoms in total. The van der Waals surface area contributed by atoms with Crippen LogP contribution in [-0.4, -0.2) is 52.5 Å². The van der Waals surface area contributed by atoms with Gasteiger partial charge in [-0.15, -0.1) is 0 Å². The van der Waals surface area contributed by atoms with Crippen LogP contribution in [0, 0.1) is 12.8 Å². The van der Waals surface area contributed by atoms with Gasteiger partial charge in [-0.25, -0.2) is 8.42 Å². The molecule has 0 aliphatic carbocycles. The van der Waals surface area contributed by atoms with Gasteiger partial charge in [-0.1, -0.05) is 6.07 Å². The lowest BCUT2D eigenvalue weighted by atomic mass is 9.98. The molecule has 0 aromatic heterocycles. The summed E-state index contributed by atoms with van der Waals surface area (Å²) in [5, 5.41) is 2.93. The number of carbonyl (C=O) groups is 1. The Labute approximate surface area is 195 Å². The molecule has 0 spiro atoms. The predicted octanol–water partition coefficient (Wildman–Crippen LogP) is 3.13. The van der Waals surface area contributed by atoms with Crippen molar-refractivity contribution in [3.8, 4) is 17.2 Å². The van der Waals surface area contributed by atoms with Crippen LogP contribution in [0.4, 0.5) is 0 Å². The quantitative estimate of drug-likeness (QED) is 0.598. The molecule has 1 saturated heterocycles. The summed E-state index contributed by atoms with van der Waals surface area (Å²) in [7, 11) is -0.574. The van der Waals surface area contributed by atoms with E-state index < -0.39 is 15.9 Å². The summed E-state index contributed by atoms with van der Waals surface area (Å²) >= 11 is 0. The molecule has 1 aliphatic rings. The van der Waals surface area contributed by atoms with Crippen molar-refractivity contribution < 1.29 is 27.4 Å². The molecule has 0 unspecified atom stereocenters. The number of ether oxygens (including phenoxy) is 3. The number of methoxy groups -OCH3 is 2. The van der Waals surface area contributed by atoms with Crippen molar-refractivity contribution in [2.24, 2.45) is 5.92 Å². The van der Waals surface area contributed by atoms with Gasteiger partial charge in [0.1, 0.15) is 5.75 Å². The lowest BCUT2D eigenvalue weighted by molar-refractivity contribution is -0.126. The molecule has 1 aliphatic heterocycles. The second kappa shape index (κ2) is 10.9. The van der Waals surface area contributed by atoms with E-state index in [1.807, 2.05) is 26.0 Å². The topological polar surface area (TPSA) is 94.2 Å². The Morgan fingerprint density at radius 3 is 2.48 bits per heavy atom. The number of nitrogens with one attached hydrogen (secondary N) is 1. The Kier molecular flexibility index (Phi) is 8.20. The van der Waals surface area contributed by atoms with E-state index in [-0.39, 0.29) is 17.3 Å². The standard InChI is InChI=1S/C24H32N2O6S/c1-5-32-21-11-9-20(13-17(21)2)33(28,29)26-12-6-7-19(16-26)24(27)25-15-18-8-10-22(30-3)23(14-18)31-4/h8-11,13-14,19H,5-7,12,15-16H2,1-4H3,(H,25,27)/t19-/m0/s1. The van der Waals surface area contributed by atoms with Gasteiger partial charge in [0.2, 0.25) is 15.9 Å². The van der Waals surface area contributed by atoms with E-state index in [1.54, 1.807) is 38.5 Å². The van der Waals surface area contributed by atoms with Crippen LogP contribution in [0.1, 0.15) is 30.9 Å². The van der Waals surface area contributed by atoms with Crippen LogP contribution in [0.15, 0.2) is 41.3 Å². The SMILES string of the molecule is CCOc1ccc(S(=O)(=O)N2CCC[C@H](C(=O)NCc3ccc(OC)c(OC)c3)C2)cc1C. The van der Waals surface area contributed by atoms with Crippen molar-refractivity contribution in [3.63, 3.8) is 0 Å². The van der Waals surface area contributed by atoms with Gasteiger partial charge in [0.25, 0.3) is 0 Å². The van der Waals surface area contributed by atoms with Crippen LogP contribution in [0.5, 0.6) is 17.2 Å². The number of aryl methyl sites for hydroxylation is 1. The maximum absolute atomic E-state index is 13.2. The molecule has 0 bridgehead atoms. The fourth-order valence-electron chi connectivity index (χ4n) is 3.95. The highest BCUT2D eigenvalue weighted by atomic mass is 32.2. The van der Waals surface area contributed by atoms with Crippen molar-refractivity contribution in [1.82, 2.24) is 9.62 Å². The summed E-state index contributed by atoms with van der Waals surface area (Å²) in [6.07, 6.45) is 1.27. The highest BCUT2D eigenvalue weighted by Crippen LogP contribution is 2.29. The van der Waals surface area contributed by atoms with Crippen LogP contribution < -0.4 is 19.5 Å². The van der Waals surface area contributed by atoms with Gasteiger partial charge in [0.15, 0.2) is 11.5 Å². The first kappa shape index (κ1) is 24.9. The van der Waals surface area contributed by atoms with Gasteiger partial charge >= 0.3 is 0 Å². The maximum Gasteiger partial charge on any atom is 0.243 e. The van der Waals surface area contributed by atoms with E-state index in [4.69, 9.17) is 14.2 Å². The molecule has 0 saturated carbocycles. The average Bonchev–Trinajstić information content (AvgIpc) is 2.83. The summed E-state index contributed by atoms with van der Waals surface area (Å²) in [5.74, 6) is 1.31. The Morgan fingerprint density at radius 1 is 1.09 bits per heavy atom. The van der Waals surface area contributed by atoms with E-state index in [0.717, 1.165) is 11.1 Å². The number of hydrogen-bond acceptors (Lipinski definition) is 6. The van der Waals surface area contributed by atoms with Crippen LogP contribution in [-0.2, 0) is 21.4 Å². The second-order valence-corrected chi connectivity index (χ2v) is 9.91. The van der Waals surface area contributed by atoms with Gasteiger partial charge in [0.05, 0.1) is 31.6 Å². The zero-order valence-corrected chi connectivity index (χ0v) is 20.4. The molecule has 2 aromatic rings. The van der Waals surface area contributed by atoms with Gasteiger partial charge < -0.3 is 19.5 Å². The third-order valence-electron chi connectivity index (χ3n) is 5.75. The predicted molar refractivity (Wildman–Crippen MR) is 125 cm³/mol. The molecule has 1 amide bonds. The zero-order chi connectivity index (χ0) is 24.0. The molecule has 1 heterocycles. The average molecular weight is 477 g/mol. The largest absolute Gasteiger partial charge is 0.494 e.